The second-order valence-electron chi connectivity index (χ2n) is 6.98. The van der Waals surface area contributed by atoms with Crippen molar-refractivity contribution in [3.8, 4) is 11.5 Å². The first-order valence-corrected chi connectivity index (χ1v) is 9.63. The van der Waals surface area contributed by atoms with Crippen molar-refractivity contribution >= 4 is 23.2 Å². The van der Waals surface area contributed by atoms with Gasteiger partial charge in [0, 0.05) is 11.4 Å². The molecule has 1 atom stereocenters. The zero-order valence-electron chi connectivity index (χ0n) is 16.6. The van der Waals surface area contributed by atoms with Crippen molar-refractivity contribution in [3.63, 3.8) is 0 Å². The lowest BCUT2D eigenvalue weighted by Crippen LogP contribution is -2.28. The minimum atomic E-state index is -0.525. The molecule has 7 heteroatoms. The number of para-hydroxylation sites is 2. The topological polar surface area (TPSA) is 85.9 Å². The first-order chi connectivity index (χ1) is 14.0. The first kappa shape index (κ1) is 20.7. The lowest BCUT2D eigenvalue weighted by atomic mass is 10.2. The summed E-state index contributed by atoms with van der Waals surface area (Å²) >= 11 is 0. The molecular formula is C22H26N2O5. The van der Waals surface area contributed by atoms with Crippen molar-refractivity contribution in [2.24, 2.45) is 5.92 Å². The Morgan fingerprint density at radius 1 is 1.03 bits per heavy atom. The average molecular weight is 398 g/mol. The fourth-order valence-corrected chi connectivity index (χ4v) is 2.64. The number of benzene rings is 2. The summed E-state index contributed by atoms with van der Waals surface area (Å²) in [6.07, 6.45) is 1.83. The van der Waals surface area contributed by atoms with Gasteiger partial charge in [-0.05, 0) is 56.0 Å². The molecule has 0 aliphatic heterocycles. The van der Waals surface area contributed by atoms with Crippen LogP contribution in [0.5, 0.6) is 11.5 Å². The summed E-state index contributed by atoms with van der Waals surface area (Å²) in [5.41, 5.74) is 1.14. The molecule has 7 nitrogen and oxygen atoms in total. The summed E-state index contributed by atoms with van der Waals surface area (Å²) < 4.78 is 16.3. The fourth-order valence-electron chi connectivity index (χ4n) is 2.64. The monoisotopic (exact) mass is 398 g/mol. The maximum atomic E-state index is 12.2. The van der Waals surface area contributed by atoms with E-state index in [-0.39, 0.29) is 18.4 Å². The van der Waals surface area contributed by atoms with Crippen molar-refractivity contribution in [1.82, 2.24) is 0 Å². The Morgan fingerprint density at radius 3 is 2.41 bits per heavy atom. The van der Waals surface area contributed by atoms with Gasteiger partial charge in [-0.1, -0.05) is 18.2 Å². The standard InChI is InChI=1S/C22H26N2O5/c1-15(28-13-16-10-11-16)22(26)24-18-7-5-6-17(12-18)23-21(25)14-29-20-9-4-3-8-19(20)27-2/h3-9,12,15-16H,10-11,13-14H2,1-2H3,(H,23,25)(H,24,26). The highest BCUT2D eigenvalue weighted by Crippen LogP contribution is 2.29. The molecule has 2 amide bonds. The van der Waals surface area contributed by atoms with Gasteiger partial charge in [0.1, 0.15) is 6.10 Å². The van der Waals surface area contributed by atoms with Crippen LogP contribution < -0.4 is 20.1 Å². The van der Waals surface area contributed by atoms with E-state index in [4.69, 9.17) is 14.2 Å². The smallest absolute Gasteiger partial charge is 0.262 e. The molecule has 0 radical (unpaired) electrons. The number of hydrogen-bond acceptors (Lipinski definition) is 5. The quantitative estimate of drug-likeness (QED) is 0.640. The highest BCUT2D eigenvalue weighted by Gasteiger charge is 2.24. The van der Waals surface area contributed by atoms with E-state index in [1.54, 1.807) is 56.5 Å². The van der Waals surface area contributed by atoms with Gasteiger partial charge in [0.15, 0.2) is 18.1 Å². The normalized spacial score (nSPS) is 14.0. The molecule has 2 N–H and O–H groups in total. The van der Waals surface area contributed by atoms with Crippen LogP contribution in [0.2, 0.25) is 0 Å². The summed E-state index contributed by atoms with van der Waals surface area (Å²) in [6, 6.07) is 14.1. The number of carbonyl (C=O) groups excluding carboxylic acids is 2. The van der Waals surface area contributed by atoms with E-state index >= 15 is 0 Å². The van der Waals surface area contributed by atoms with Crippen LogP contribution >= 0.6 is 0 Å². The van der Waals surface area contributed by atoms with Gasteiger partial charge in [0.05, 0.1) is 13.7 Å². The maximum Gasteiger partial charge on any atom is 0.262 e. The van der Waals surface area contributed by atoms with Crippen molar-refractivity contribution in [3.05, 3.63) is 48.5 Å². The van der Waals surface area contributed by atoms with Crippen molar-refractivity contribution in [2.45, 2.75) is 25.9 Å². The number of hydrogen-bond donors (Lipinski definition) is 2. The van der Waals surface area contributed by atoms with E-state index in [2.05, 4.69) is 10.6 Å². The fraction of sp³-hybridized carbons (Fsp3) is 0.364. The number of ether oxygens (including phenoxy) is 3. The molecule has 2 aromatic carbocycles. The molecule has 29 heavy (non-hydrogen) atoms. The van der Waals surface area contributed by atoms with Crippen LogP contribution in [0.4, 0.5) is 11.4 Å². The molecular weight excluding hydrogens is 372 g/mol. The molecule has 0 saturated heterocycles. The molecule has 0 spiro atoms. The maximum absolute atomic E-state index is 12.2. The second kappa shape index (κ2) is 9.93. The summed E-state index contributed by atoms with van der Waals surface area (Å²) in [5.74, 6) is 1.12. The predicted molar refractivity (Wildman–Crippen MR) is 110 cm³/mol. The number of methoxy groups -OCH3 is 1. The zero-order chi connectivity index (χ0) is 20.6. The minimum absolute atomic E-state index is 0.164. The zero-order valence-corrected chi connectivity index (χ0v) is 16.6. The summed E-state index contributed by atoms with van der Waals surface area (Å²) in [7, 11) is 1.54. The van der Waals surface area contributed by atoms with Gasteiger partial charge in [-0.15, -0.1) is 0 Å². The summed E-state index contributed by atoms with van der Waals surface area (Å²) in [5, 5.41) is 5.56. The molecule has 1 unspecified atom stereocenters. The van der Waals surface area contributed by atoms with Gasteiger partial charge in [-0.25, -0.2) is 0 Å². The highest BCUT2D eigenvalue weighted by atomic mass is 16.5. The van der Waals surface area contributed by atoms with Crippen LogP contribution in [0.15, 0.2) is 48.5 Å². The van der Waals surface area contributed by atoms with Gasteiger partial charge in [-0.2, -0.15) is 0 Å². The Hall–Kier alpha value is -3.06. The number of anilines is 2. The van der Waals surface area contributed by atoms with Crippen molar-refractivity contribution in [2.75, 3.05) is 31.0 Å². The Bertz CT molecular complexity index is 851. The van der Waals surface area contributed by atoms with Crippen LogP contribution in [0.25, 0.3) is 0 Å². The lowest BCUT2D eigenvalue weighted by molar-refractivity contribution is -0.126. The molecule has 0 heterocycles. The van der Waals surface area contributed by atoms with Gasteiger partial charge in [0.25, 0.3) is 11.8 Å². The van der Waals surface area contributed by atoms with Crippen LogP contribution in [0.3, 0.4) is 0 Å². The van der Waals surface area contributed by atoms with E-state index in [1.807, 2.05) is 6.07 Å². The SMILES string of the molecule is COc1ccccc1OCC(=O)Nc1cccc(NC(=O)C(C)OCC2CC2)c1. The van der Waals surface area contributed by atoms with Crippen LogP contribution in [-0.2, 0) is 14.3 Å². The highest BCUT2D eigenvalue weighted by molar-refractivity contribution is 5.96. The summed E-state index contributed by atoms with van der Waals surface area (Å²) in [4.78, 5) is 24.4. The average Bonchev–Trinajstić information content (AvgIpc) is 3.55. The molecule has 1 aliphatic carbocycles. The number of amides is 2. The Balaban J connectivity index is 1.49. The molecule has 154 valence electrons. The molecule has 0 aromatic heterocycles. The van der Waals surface area contributed by atoms with Crippen molar-refractivity contribution in [1.29, 1.82) is 0 Å². The first-order valence-electron chi connectivity index (χ1n) is 9.63. The molecule has 0 bridgehead atoms. The molecule has 2 aromatic rings. The van der Waals surface area contributed by atoms with Gasteiger partial charge >= 0.3 is 0 Å². The third kappa shape index (κ3) is 6.50. The van der Waals surface area contributed by atoms with Gasteiger partial charge < -0.3 is 24.8 Å². The molecule has 3 rings (SSSR count). The third-order valence-electron chi connectivity index (χ3n) is 4.49. The summed E-state index contributed by atoms with van der Waals surface area (Å²) in [6.45, 7) is 2.19. The molecule has 1 aliphatic rings. The van der Waals surface area contributed by atoms with E-state index < -0.39 is 6.10 Å². The van der Waals surface area contributed by atoms with Crippen LogP contribution in [0.1, 0.15) is 19.8 Å². The molecule has 1 fully saturated rings. The Labute approximate surface area is 170 Å². The second-order valence-corrected chi connectivity index (χ2v) is 6.98. The number of nitrogens with one attached hydrogen (secondary N) is 2. The van der Waals surface area contributed by atoms with Crippen molar-refractivity contribution < 1.29 is 23.8 Å². The van der Waals surface area contributed by atoms with Gasteiger partial charge in [-0.3, -0.25) is 9.59 Å². The van der Waals surface area contributed by atoms with Crippen LogP contribution in [-0.4, -0.2) is 38.2 Å². The number of carbonyl (C=O) groups is 2. The lowest BCUT2D eigenvalue weighted by Gasteiger charge is -2.14. The number of rotatable bonds is 10. The Morgan fingerprint density at radius 2 is 1.72 bits per heavy atom. The van der Waals surface area contributed by atoms with Gasteiger partial charge in [0.2, 0.25) is 0 Å². The third-order valence-corrected chi connectivity index (χ3v) is 4.49. The predicted octanol–water partition coefficient (Wildman–Crippen LogP) is 3.47. The van der Waals surface area contributed by atoms with E-state index in [0.717, 1.165) is 0 Å². The van der Waals surface area contributed by atoms with E-state index in [9.17, 15) is 9.59 Å². The van der Waals surface area contributed by atoms with E-state index in [0.29, 0.717) is 35.4 Å². The largest absolute Gasteiger partial charge is 0.493 e. The van der Waals surface area contributed by atoms with Crippen LogP contribution in [0, 0.1) is 5.92 Å². The Kier molecular flexibility index (Phi) is 7.08. The van der Waals surface area contributed by atoms with E-state index in [1.165, 1.54) is 12.8 Å². The molecule has 1 saturated carbocycles. The minimum Gasteiger partial charge on any atom is -0.493 e.